The Balaban J connectivity index is 1.15. The van der Waals surface area contributed by atoms with Crippen LogP contribution in [0.3, 0.4) is 0 Å². The Kier molecular flexibility index (Phi) is 12.7. The van der Waals surface area contributed by atoms with E-state index < -0.39 is 0 Å². The van der Waals surface area contributed by atoms with Crippen LogP contribution >= 0.6 is 0 Å². The minimum atomic E-state index is 1.12. The van der Waals surface area contributed by atoms with Crippen LogP contribution < -0.4 is 9.80 Å². The van der Waals surface area contributed by atoms with Crippen molar-refractivity contribution in [3.8, 4) is 44.5 Å². The maximum atomic E-state index is 2.55. The van der Waals surface area contributed by atoms with Gasteiger partial charge in [-0.15, -0.1) is 0 Å². The van der Waals surface area contributed by atoms with Crippen molar-refractivity contribution in [3.63, 3.8) is 0 Å². The van der Waals surface area contributed by atoms with E-state index in [1.165, 1.54) is 144 Å². The van der Waals surface area contributed by atoms with Gasteiger partial charge in [-0.3, -0.25) is 0 Å². The lowest BCUT2D eigenvalue weighted by Gasteiger charge is -2.32. The number of hydrogen-bond donors (Lipinski definition) is 0. The Bertz CT molecular complexity index is 3860. The summed E-state index contributed by atoms with van der Waals surface area (Å²) >= 11 is 0. The Morgan fingerprint density at radius 1 is 0.231 bits per heavy atom. The normalized spacial score (nSPS) is 11.6. The van der Waals surface area contributed by atoms with Gasteiger partial charge in [0, 0.05) is 33.5 Å². The molecule has 0 saturated carbocycles. The third-order valence-electron chi connectivity index (χ3n) is 16.7. The molecule has 12 aromatic carbocycles. The molecular weight excluding hydrogens is 941 g/mol. The molecule has 0 N–H and O–H groups in total. The molecular formula is C76H68N2. The molecule has 0 aliphatic carbocycles. The van der Waals surface area contributed by atoms with Crippen LogP contribution in [-0.2, 0) is 0 Å². The Morgan fingerprint density at radius 3 is 0.782 bits per heavy atom. The van der Waals surface area contributed by atoms with Crippen LogP contribution in [0.5, 0.6) is 0 Å². The molecule has 2 nitrogen and oxygen atoms in total. The van der Waals surface area contributed by atoms with Gasteiger partial charge in [0.05, 0.1) is 11.4 Å². The van der Waals surface area contributed by atoms with Gasteiger partial charge in [0.1, 0.15) is 0 Å². The van der Waals surface area contributed by atoms with Gasteiger partial charge in [-0.05, 0) is 265 Å². The van der Waals surface area contributed by atoms with Crippen LogP contribution in [0.2, 0.25) is 0 Å². The molecule has 2 heteroatoms. The summed E-state index contributed by atoms with van der Waals surface area (Å²) in [5.41, 5.74) is 31.9. The van der Waals surface area contributed by atoms with Crippen LogP contribution in [0.25, 0.3) is 76.8 Å². The minimum Gasteiger partial charge on any atom is -0.310 e. The molecule has 0 unspecified atom stereocenters. The monoisotopic (exact) mass is 1010 g/mol. The molecule has 382 valence electrons. The predicted molar refractivity (Wildman–Crippen MR) is 338 cm³/mol. The van der Waals surface area contributed by atoms with Gasteiger partial charge in [0.15, 0.2) is 0 Å². The summed E-state index contributed by atoms with van der Waals surface area (Å²) < 4.78 is 0. The highest BCUT2D eigenvalue weighted by molar-refractivity contribution is 6.28. The highest BCUT2D eigenvalue weighted by Crippen LogP contribution is 2.51. The van der Waals surface area contributed by atoms with Gasteiger partial charge >= 0.3 is 0 Å². The quantitative estimate of drug-likeness (QED) is 0.126. The van der Waals surface area contributed by atoms with Crippen molar-refractivity contribution in [2.45, 2.75) is 83.1 Å². The maximum Gasteiger partial charge on any atom is 0.0540 e. The molecule has 12 rings (SSSR count). The van der Waals surface area contributed by atoms with E-state index in [2.05, 4.69) is 287 Å². The second-order valence-corrected chi connectivity index (χ2v) is 22.4. The summed E-state index contributed by atoms with van der Waals surface area (Å²) in [6.45, 7) is 26.9. The van der Waals surface area contributed by atoms with E-state index in [-0.39, 0.29) is 0 Å². The fourth-order valence-electron chi connectivity index (χ4n) is 13.2. The standard InChI is InChI=1S/C76H68N2/c1-45-25-33-67(55(11)37-45)77(63-41-59(71-47(3)17-13-18-48(71)4)39-60(42-63)72-49(5)19-14-20-50(72)6)69-35-29-57-28-32-66-70(36-30-58-27-31-65(69)75(57)76(58)66)78(68-34-26-46(2)38-56(68)12)64-43-61(73-51(7)21-15-22-52(73)8)40-62(44-64)74-53(9)23-16-24-54(74)10/h13-44H,1-12H3. The van der Waals surface area contributed by atoms with Gasteiger partial charge in [-0.25, -0.2) is 0 Å². The number of rotatable bonds is 10. The molecule has 0 aliphatic heterocycles. The lowest BCUT2D eigenvalue weighted by Crippen LogP contribution is -2.13. The third kappa shape index (κ3) is 8.61. The van der Waals surface area contributed by atoms with Crippen LogP contribution in [-0.4, -0.2) is 0 Å². The van der Waals surface area contributed by atoms with Crippen LogP contribution in [0, 0.1) is 83.1 Å². The topological polar surface area (TPSA) is 6.48 Å². The number of aryl methyl sites for hydroxylation is 12. The van der Waals surface area contributed by atoms with E-state index >= 15 is 0 Å². The lowest BCUT2D eigenvalue weighted by molar-refractivity contribution is 1.24. The van der Waals surface area contributed by atoms with Gasteiger partial charge < -0.3 is 9.80 Å². The summed E-state index contributed by atoms with van der Waals surface area (Å²) in [5.74, 6) is 0. The van der Waals surface area contributed by atoms with E-state index in [0.717, 1.165) is 34.1 Å². The predicted octanol–water partition coefficient (Wildman–Crippen LogP) is 21.9. The van der Waals surface area contributed by atoms with E-state index in [0.29, 0.717) is 0 Å². The molecule has 0 fully saturated rings. The second kappa shape index (κ2) is 19.7. The first-order chi connectivity index (χ1) is 37.6. The SMILES string of the molecule is Cc1ccc(N(c2cc(-c3c(C)cccc3C)cc(-c3c(C)cccc3C)c2)c2ccc3ccc4c(N(c5cc(-c6c(C)cccc6C)cc(-c6c(C)cccc6C)c5)c5ccc(C)cc5C)ccc5ccc2c3c54)c(C)c1. The average Bonchev–Trinajstić information content (AvgIpc) is 3.59. The highest BCUT2D eigenvalue weighted by Gasteiger charge is 2.26. The molecule has 0 heterocycles. The molecule has 0 saturated heterocycles. The Labute approximate surface area is 462 Å². The highest BCUT2D eigenvalue weighted by atomic mass is 15.2. The zero-order valence-corrected chi connectivity index (χ0v) is 47.4. The van der Waals surface area contributed by atoms with Crippen molar-refractivity contribution in [2.75, 3.05) is 9.80 Å². The summed E-state index contributed by atoms with van der Waals surface area (Å²) in [6.07, 6.45) is 0. The summed E-state index contributed by atoms with van der Waals surface area (Å²) in [7, 11) is 0. The average molecular weight is 1010 g/mol. The van der Waals surface area contributed by atoms with Crippen LogP contribution in [0.4, 0.5) is 34.1 Å². The first-order valence-electron chi connectivity index (χ1n) is 27.7. The Hall–Kier alpha value is -8.72. The lowest BCUT2D eigenvalue weighted by atomic mass is 9.88. The fraction of sp³-hybridized carbons (Fsp3) is 0.158. The fourth-order valence-corrected chi connectivity index (χ4v) is 13.2. The molecule has 0 aromatic heterocycles. The van der Waals surface area contributed by atoms with Crippen LogP contribution in [0.15, 0.2) is 194 Å². The number of nitrogens with zero attached hydrogens (tertiary/aromatic N) is 2. The first-order valence-corrected chi connectivity index (χ1v) is 27.7. The van der Waals surface area contributed by atoms with Crippen molar-refractivity contribution in [1.82, 2.24) is 0 Å². The number of hydrogen-bond acceptors (Lipinski definition) is 2. The summed E-state index contributed by atoms with van der Waals surface area (Å²) in [6, 6.07) is 74.0. The number of benzene rings is 12. The third-order valence-corrected chi connectivity index (χ3v) is 16.7. The molecule has 78 heavy (non-hydrogen) atoms. The molecule has 0 spiro atoms. The zero-order chi connectivity index (χ0) is 54.3. The van der Waals surface area contributed by atoms with Gasteiger partial charge in [-0.2, -0.15) is 0 Å². The van der Waals surface area contributed by atoms with Crippen molar-refractivity contribution in [3.05, 3.63) is 261 Å². The van der Waals surface area contributed by atoms with Gasteiger partial charge in [-0.1, -0.05) is 145 Å². The molecule has 12 aromatic rings. The van der Waals surface area contributed by atoms with E-state index in [9.17, 15) is 0 Å². The van der Waals surface area contributed by atoms with E-state index in [4.69, 9.17) is 0 Å². The number of anilines is 6. The van der Waals surface area contributed by atoms with Crippen molar-refractivity contribution < 1.29 is 0 Å². The largest absolute Gasteiger partial charge is 0.310 e. The Morgan fingerprint density at radius 2 is 0.500 bits per heavy atom. The minimum absolute atomic E-state index is 1.12. The molecule has 0 amide bonds. The van der Waals surface area contributed by atoms with E-state index in [1.54, 1.807) is 0 Å². The molecule has 0 bridgehead atoms. The zero-order valence-electron chi connectivity index (χ0n) is 47.4. The summed E-state index contributed by atoms with van der Waals surface area (Å²) in [5, 5.41) is 7.39. The van der Waals surface area contributed by atoms with Gasteiger partial charge in [0.25, 0.3) is 0 Å². The van der Waals surface area contributed by atoms with Crippen LogP contribution in [0.1, 0.15) is 66.8 Å². The molecule has 0 radical (unpaired) electrons. The van der Waals surface area contributed by atoms with E-state index in [1.807, 2.05) is 0 Å². The first kappa shape index (κ1) is 50.1. The van der Waals surface area contributed by atoms with Gasteiger partial charge in [0.2, 0.25) is 0 Å². The maximum absolute atomic E-state index is 2.55. The molecule has 0 aliphatic rings. The van der Waals surface area contributed by atoms with Crippen molar-refractivity contribution in [1.29, 1.82) is 0 Å². The molecule has 0 atom stereocenters. The smallest absolute Gasteiger partial charge is 0.0540 e. The van der Waals surface area contributed by atoms with Crippen molar-refractivity contribution in [2.24, 2.45) is 0 Å². The van der Waals surface area contributed by atoms with Crippen molar-refractivity contribution >= 4 is 66.4 Å². The second-order valence-electron chi connectivity index (χ2n) is 22.4. The summed E-state index contributed by atoms with van der Waals surface area (Å²) in [4.78, 5) is 5.10.